The third-order valence-electron chi connectivity index (χ3n) is 3.32. The number of fused-ring (bicyclic) bond motifs is 1. The lowest BCUT2D eigenvalue weighted by molar-refractivity contribution is 0.0701. The summed E-state index contributed by atoms with van der Waals surface area (Å²) < 4.78 is 0.978. The first kappa shape index (κ1) is 15.0. The number of carbonyl (C=O) groups is 1. The van der Waals surface area contributed by atoms with Crippen molar-refractivity contribution in [3.63, 3.8) is 0 Å². The maximum atomic E-state index is 11.3. The molecular weight excluding hydrogens is 274 g/mol. The van der Waals surface area contributed by atoms with E-state index >= 15 is 0 Å². The minimum Gasteiger partial charge on any atom is -0.477 e. The molecule has 1 aromatic carbocycles. The first-order valence-corrected chi connectivity index (χ1v) is 7.44. The van der Waals surface area contributed by atoms with Gasteiger partial charge in [0.2, 0.25) is 0 Å². The smallest absolute Gasteiger partial charge is 0.346 e. The largest absolute Gasteiger partial charge is 0.477 e. The SMILES string of the molecule is CC(C)C(O)CNCc1c(C(=O)O)sc2ccccc12. The van der Waals surface area contributed by atoms with Gasteiger partial charge in [0.15, 0.2) is 0 Å². The molecule has 1 unspecified atom stereocenters. The summed E-state index contributed by atoms with van der Waals surface area (Å²) in [4.78, 5) is 11.7. The fraction of sp³-hybridized carbons (Fsp3) is 0.400. The summed E-state index contributed by atoms with van der Waals surface area (Å²) in [6.07, 6.45) is -0.423. The minimum absolute atomic E-state index is 0.181. The summed E-state index contributed by atoms with van der Waals surface area (Å²) in [6.45, 7) is 4.82. The number of aliphatic hydroxyl groups is 1. The van der Waals surface area contributed by atoms with Crippen molar-refractivity contribution in [1.82, 2.24) is 5.32 Å². The summed E-state index contributed by atoms with van der Waals surface area (Å²) in [5, 5.41) is 23.2. The maximum Gasteiger partial charge on any atom is 0.346 e. The molecule has 0 radical (unpaired) electrons. The highest BCUT2D eigenvalue weighted by atomic mass is 32.1. The summed E-state index contributed by atoms with van der Waals surface area (Å²) in [5.41, 5.74) is 0.800. The van der Waals surface area contributed by atoms with Gasteiger partial charge in [0.25, 0.3) is 0 Å². The lowest BCUT2D eigenvalue weighted by Gasteiger charge is -2.15. The van der Waals surface area contributed by atoms with E-state index in [0.717, 1.165) is 15.6 Å². The van der Waals surface area contributed by atoms with E-state index in [2.05, 4.69) is 5.32 Å². The molecule has 2 rings (SSSR count). The van der Waals surface area contributed by atoms with Crippen LogP contribution >= 0.6 is 11.3 Å². The van der Waals surface area contributed by atoms with Crippen molar-refractivity contribution < 1.29 is 15.0 Å². The Kier molecular flexibility index (Phi) is 4.75. The summed E-state index contributed by atoms with van der Waals surface area (Å²) in [7, 11) is 0. The average molecular weight is 293 g/mol. The standard InChI is InChI=1S/C15H19NO3S/c1-9(2)12(17)8-16-7-11-10-5-3-4-6-13(10)20-14(11)15(18)19/h3-6,9,12,16-17H,7-8H2,1-2H3,(H,18,19). The van der Waals surface area contributed by atoms with Crippen molar-refractivity contribution in [3.8, 4) is 0 Å². The van der Waals surface area contributed by atoms with Gasteiger partial charge in [0.1, 0.15) is 4.88 Å². The van der Waals surface area contributed by atoms with Gasteiger partial charge in [-0.05, 0) is 22.9 Å². The highest BCUT2D eigenvalue weighted by molar-refractivity contribution is 7.21. The number of nitrogens with one attached hydrogen (secondary N) is 1. The number of rotatable bonds is 6. The van der Waals surface area contributed by atoms with E-state index < -0.39 is 12.1 Å². The van der Waals surface area contributed by atoms with Crippen LogP contribution in [0.15, 0.2) is 24.3 Å². The zero-order valence-corrected chi connectivity index (χ0v) is 12.4. The Hall–Kier alpha value is -1.43. The number of hydrogen-bond acceptors (Lipinski definition) is 4. The molecule has 1 heterocycles. The van der Waals surface area contributed by atoms with Crippen LogP contribution < -0.4 is 5.32 Å². The maximum absolute atomic E-state index is 11.3. The van der Waals surface area contributed by atoms with Crippen LogP contribution in [0, 0.1) is 5.92 Å². The summed E-state index contributed by atoms with van der Waals surface area (Å²) in [5.74, 6) is -0.715. The van der Waals surface area contributed by atoms with Crippen molar-refractivity contribution in [2.24, 2.45) is 5.92 Å². The number of thiophene rings is 1. The van der Waals surface area contributed by atoms with Crippen LogP contribution in [0.4, 0.5) is 0 Å². The van der Waals surface area contributed by atoms with Crippen molar-refractivity contribution in [1.29, 1.82) is 0 Å². The predicted octanol–water partition coefficient (Wildman–Crippen LogP) is 2.71. The van der Waals surface area contributed by atoms with Crippen molar-refractivity contribution in [2.75, 3.05) is 6.54 Å². The monoisotopic (exact) mass is 293 g/mol. The Morgan fingerprint density at radius 1 is 1.35 bits per heavy atom. The fourth-order valence-electron chi connectivity index (χ4n) is 2.03. The molecule has 108 valence electrons. The Morgan fingerprint density at radius 3 is 2.70 bits per heavy atom. The molecule has 0 aliphatic carbocycles. The van der Waals surface area contributed by atoms with E-state index in [1.807, 2.05) is 38.1 Å². The first-order valence-electron chi connectivity index (χ1n) is 6.63. The summed E-state index contributed by atoms with van der Waals surface area (Å²) in [6, 6.07) is 7.68. The molecule has 0 fully saturated rings. The molecule has 0 saturated carbocycles. The predicted molar refractivity (Wildman–Crippen MR) is 81.3 cm³/mol. The van der Waals surface area contributed by atoms with Crippen LogP contribution in [0.3, 0.4) is 0 Å². The molecule has 0 aliphatic rings. The Balaban J connectivity index is 2.19. The first-order chi connectivity index (χ1) is 9.50. The minimum atomic E-state index is -0.896. The molecule has 0 amide bonds. The second-order valence-corrected chi connectivity index (χ2v) is 6.21. The highest BCUT2D eigenvalue weighted by Gasteiger charge is 2.17. The van der Waals surface area contributed by atoms with Crippen LogP contribution in [0.25, 0.3) is 10.1 Å². The average Bonchev–Trinajstić information content (AvgIpc) is 2.78. The van der Waals surface area contributed by atoms with E-state index in [-0.39, 0.29) is 5.92 Å². The molecule has 0 aliphatic heterocycles. The van der Waals surface area contributed by atoms with E-state index in [4.69, 9.17) is 0 Å². The fourth-order valence-corrected chi connectivity index (χ4v) is 3.09. The highest BCUT2D eigenvalue weighted by Crippen LogP contribution is 2.31. The van der Waals surface area contributed by atoms with Crippen molar-refractivity contribution in [2.45, 2.75) is 26.5 Å². The quantitative estimate of drug-likeness (QED) is 0.766. The van der Waals surface area contributed by atoms with E-state index in [9.17, 15) is 15.0 Å². The molecule has 1 atom stereocenters. The third-order valence-corrected chi connectivity index (χ3v) is 4.52. The van der Waals surface area contributed by atoms with Gasteiger partial charge in [-0.1, -0.05) is 32.0 Å². The number of benzene rings is 1. The Labute approximate surface area is 122 Å². The molecule has 20 heavy (non-hydrogen) atoms. The zero-order valence-electron chi connectivity index (χ0n) is 11.6. The number of aromatic carboxylic acids is 1. The molecule has 1 aromatic heterocycles. The normalized spacial score (nSPS) is 13.0. The van der Waals surface area contributed by atoms with Crippen LogP contribution in [-0.4, -0.2) is 28.8 Å². The molecule has 2 aromatic rings. The molecule has 0 spiro atoms. The molecule has 0 bridgehead atoms. The second-order valence-electron chi connectivity index (χ2n) is 5.15. The van der Waals surface area contributed by atoms with Gasteiger partial charge in [0.05, 0.1) is 6.10 Å². The van der Waals surface area contributed by atoms with Gasteiger partial charge in [-0.3, -0.25) is 0 Å². The van der Waals surface area contributed by atoms with Gasteiger partial charge in [-0.25, -0.2) is 4.79 Å². The molecule has 3 N–H and O–H groups in total. The molecular formula is C15H19NO3S. The number of carboxylic acids is 1. The lowest BCUT2D eigenvalue weighted by Crippen LogP contribution is -2.30. The van der Waals surface area contributed by atoms with Gasteiger partial charge in [0, 0.05) is 17.8 Å². The molecule has 0 saturated heterocycles. The lowest BCUT2D eigenvalue weighted by atomic mass is 10.1. The van der Waals surface area contributed by atoms with Gasteiger partial charge >= 0.3 is 5.97 Å². The Morgan fingerprint density at radius 2 is 2.05 bits per heavy atom. The van der Waals surface area contributed by atoms with Crippen LogP contribution in [-0.2, 0) is 6.54 Å². The van der Waals surface area contributed by atoms with E-state index in [1.54, 1.807) is 0 Å². The summed E-state index contributed by atoms with van der Waals surface area (Å²) >= 11 is 1.30. The van der Waals surface area contributed by atoms with Crippen molar-refractivity contribution >= 4 is 27.4 Å². The van der Waals surface area contributed by atoms with Gasteiger partial charge in [-0.15, -0.1) is 11.3 Å². The van der Waals surface area contributed by atoms with Crippen LogP contribution in [0.5, 0.6) is 0 Å². The number of aliphatic hydroxyl groups excluding tert-OH is 1. The topological polar surface area (TPSA) is 69.6 Å². The van der Waals surface area contributed by atoms with E-state index in [1.165, 1.54) is 11.3 Å². The third kappa shape index (κ3) is 3.17. The Bertz CT molecular complexity index is 606. The van der Waals surface area contributed by atoms with Crippen LogP contribution in [0.1, 0.15) is 29.1 Å². The van der Waals surface area contributed by atoms with Crippen LogP contribution in [0.2, 0.25) is 0 Å². The number of hydrogen-bond donors (Lipinski definition) is 3. The zero-order chi connectivity index (χ0) is 14.7. The van der Waals surface area contributed by atoms with E-state index in [0.29, 0.717) is 18.0 Å². The van der Waals surface area contributed by atoms with Crippen molar-refractivity contribution in [3.05, 3.63) is 34.7 Å². The number of carboxylic acid groups (broad SMARTS) is 1. The molecule has 4 nitrogen and oxygen atoms in total. The van der Waals surface area contributed by atoms with Gasteiger partial charge in [-0.2, -0.15) is 0 Å². The molecule has 5 heteroatoms. The second kappa shape index (κ2) is 6.35. The van der Waals surface area contributed by atoms with Gasteiger partial charge < -0.3 is 15.5 Å².